The van der Waals surface area contributed by atoms with Crippen LogP contribution in [0.4, 0.5) is 0 Å². The van der Waals surface area contributed by atoms with E-state index in [2.05, 4.69) is 10.6 Å². The normalized spacial score (nSPS) is 17.1. The van der Waals surface area contributed by atoms with E-state index in [0.29, 0.717) is 18.7 Å². The number of carbonyl (C=O) groups excluding carboxylic acids is 2. The number of rotatable bonds is 8. The van der Waals surface area contributed by atoms with Gasteiger partial charge >= 0.3 is 0 Å². The smallest absolute Gasteiger partial charge is 0.254 e. The monoisotopic (exact) mass is 382 g/mol. The maximum atomic E-state index is 12.5. The molecule has 1 aliphatic rings. The molecule has 0 aliphatic carbocycles. The molecule has 0 bridgehead atoms. The van der Waals surface area contributed by atoms with Crippen LogP contribution in [0.3, 0.4) is 0 Å². The Bertz CT molecular complexity index is 788. The van der Waals surface area contributed by atoms with Crippen LogP contribution in [0.2, 0.25) is 0 Å². The van der Waals surface area contributed by atoms with E-state index in [1.807, 2.05) is 42.5 Å². The number of ether oxygens (including phenoxy) is 2. The summed E-state index contributed by atoms with van der Waals surface area (Å²) in [5, 5.41) is 5.79. The van der Waals surface area contributed by atoms with Crippen LogP contribution in [-0.2, 0) is 20.8 Å². The van der Waals surface area contributed by atoms with Crippen LogP contribution in [0, 0.1) is 0 Å². The summed E-state index contributed by atoms with van der Waals surface area (Å²) in [6, 6.07) is 16.6. The zero-order valence-corrected chi connectivity index (χ0v) is 16.0. The third-order valence-electron chi connectivity index (χ3n) is 4.75. The Kier molecular flexibility index (Phi) is 7.17. The van der Waals surface area contributed by atoms with E-state index >= 15 is 0 Å². The summed E-state index contributed by atoms with van der Waals surface area (Å²) in [4.78, 5) is 24.8. The van der Waals surface area contributed by atoms with Crippen molar-refractivity contribution in [3.05, 3.63) is 71.3 Å². The first kappa shape index (κ1) is 20.0. The van der Waals surface area contributed by atoms with E-state index in [0.717, 1.165) is 30.6 Å². The maximum Gasteiger partial charge on any atom is 0.254 e. The first-order chi connectivity index (χ1) is 13.7. The van der Waals surface area contributed by atoms with Gasteiger partial charge in [-0.25, -0.2) is 0 Å². The molecule has 0 aromatic heterocycles. The fraction of sp³-hybridized carbons (Fsp3) is 0.364. The SMILES string of the molecule is COC(C(=O)NCc1cccc(C(=O)NCC2CCCO2)c1)c1ccccc1. The molecule has 3 rings (SSSR count). The predicted octanol–water partition coefficient (Wildman–Crippen LogP) is 2.60. The second kappa shape index (κ2) is 10.0. The standard InChI is InChI=1S/C22H26N2O4/c1-27-20(17-8-3-2-4-9-17)22(26)23-14-16-7-5-10-18(13-16)21(25)24-15-19-11-6-12-28-19/h2-5,7-10,13,19-20H,6,11-12,14-15H2,1H3,(H,23,26)(H,24,25). The zero-order valence-electron chi connectivity index (χ0n) is 16.0. The molecule has 1 fully saturated rings. The van der Waals surface area contributed by atoms with Crippen molar-refractivity contribution in [2.75, 3.05) is 20.3 Å². The Morgan fingerprint density at radius 3 is 2.68 bits per heavy atom. The molecule has 2 aromatic carbocycles. The van der Waals surface area contributed by atoms with Gasteiger partial charge in [-0.05, 0) is 36.1 Å². The lowest BCUT2D eigenvalue weighted by Crippen LogP contribution is -2.32. The van der Waals surface area contributed by atoms with Crippen molar-refractivity contribution in [1.29, 1.82) is 0 Å². The predicted molar refractivity (Wildman–Crippen MR) is 106 cm³/mol. The first-order valence-corrected chi connectivity index (χ1v) is 9.51. The van der Waals surface area contributed by atoms with E-state index in [1.54, 1.807) is 12.1 Å². The van der Waals surface area contributed by atoms with Gasteiger partial charge in [0, 0.05) is 32.4 Å². The summed E-state index contributed by atoms with van der Waals surface area (Å²) >= 11 is 0. The number of nitrogens with one attached hydrogen (secondary N) is 2. The average Bonchev–Trinajstić information content (AvgIpc) is 3.26. The quantitative estimate of drug-likeness (QED) is 0.736. The number of amides is 2. The van der Waals surface area contributed by atoms with Gasteiger partial charge in [0.05, 0.1) is 6.10 Å². The molecule has 0 spiro atoms. The largest absolute Gasteiger partial charge is 0.376 e. The summed E-state index contributed by atoms with van der Waals surface area (Å²) in [6.07, 6.45) is 1.46. The van der Waals surface area contributed by atoms with E-state index in [9.17, 15) is 9.59 Å². The third-order valence-corrected chi connectivity index (χ3v) is 4.75. The molecule has 6 nitrogen and oxygen atoms in total. The van der Waals surface area contributed by atoms with Crippen LogP contribution in [-0.4, -0.2) is 38.2 Å². The summed E-state index contributed by atoms with van der Waals surface area (Å²) < 4.78 is 10.9. The molecule has 1 aliphatic heterocycles. The highest BCUT2D eigenvalue weighted by molar-refractivity contribution is 5.94. The summed E-state index contributed by atoms with van der Waals surface area (Å²) in [5.41, 5.74) is 2.21. The number of benzene rings is 2. The van der Waals surface area contributed by atoms with Gasteiger partial charge in [-0.3, -0.25) is 9.59 Å². The highest BCUT2D eigenvalue weighted by atomic mass is 16.5. The minimum atomic E-state index is -0.668. The Morgan fingerprint density at radius 1 is 1.14 bits per heavy atom. The Labute approximate surface area is 165 Å². The minimum absolute atomic E-state index is 0.107. The molecule has 1 heterocycles. The molecule has 1 saturated heterocycles. The summed E-state index contributed by atoms with van der Waals surface area (Å²) in [7, 11) is 1.51. The molecule has 2 atom stereocenters. The van der Waals surface area contributed by atoms with E-state index < -0.39 is 6.10 Å². The van der Waals surface area contributed by atoms with Gasteiger partial charge in [0.25, 0.3) is 11.8 Å². The van der Waals surface area contributed by atoms with Gasteiger partial charge in [-0.15, -0.1) is 0 Å². The lowest BCUT2D eigenvalue weighted by Gasteiger charge is -2.16. The number of methoxy groups -OCH3 is 1. The van der Waals surface area contributed by atoms with E-state index in [-0.39, 0.29) is 17.9 Å². The maximum absolute atomic E-state index is 12.5. The Hall–Kier alpha value is -2.70. The van der Waals surface area contributed by atoms with Crippen LogP contribution >= 0.6 is 0 Å². The second-order valence-electron chi connectivity index (χ2n) is 6.79. The molecule has 0 saturated carbocycles. The van der Waals surface area contributed by atoms with Gasteiger partial charge in [0.2, 0.25) is 0 Å². The lowest BCUT2D eigenvalue weighted by molar-refractivity contribution is -0.131. The zero-order chi connectivity index (χ0) is 19.8. The minimum Gasteiger partial charge on any atom is -0.376 e. The molecular formula is C22H26N2O4. The van der Waals surface area contributed by atoms with Crippen molar-refractivity contribution in [2.45, 2.75) is 31.6 Å². The highest BCUT2D eigenvalue weighted by Gasteiger charge is 2.20. The number of hydrogen-bond acceptors (Lipinski definition) is 4. The van der Waals surface area contributed by atoms with Crippen molar-refractivity contribution >= 4 is 11.8 Å². The van der Waals surface area contributed by atoms with Crippen molar-refractivity contribution in [3.8, 4) is 0 Å². The van der Waals surface area contributed by atoms with Crippen molar-refractivity contribution in [1.82, 2.24) is 10.6 Å². The highest BCUT2D eigenvalue weighted by Crippen LogP contribution is 2.16. The van der Waals surface area contributed by atoms with Crippen molar-refractivity contribution < 1.29 is 19.1 Å². The van der Waals surface area contributed by atoms with Crippen LogP contribution in [0.5, 0.6) is 0 Å². The average molecular weight is 382 g/mol. The van der Waals surface area contributed by atoms with Gasteiger partial charge in [0.1, 0.15) is 0 Å². The second-order valence-corrected chi connectivity index (χ2v) is 6.79. The Morgan fingerprint density at radius 2 is 1.96 bits per heavy atom. The molecule has 2 aromatic rings. The lowest BCUT2D eigenvalue weighted by atomic mass is 10.1. The fourth-order valence-corrected chi connectivity index (χ4v) is 3.24. The number of carbonyl (C=O) groups is 2. The van der Waals surface area contributed by atoms with E-state index in [1.165, 1.54) is 7.11 Å². The fourth-order valence-electron chi connectivity index (χ4n) is 3.24. The van der Waals surface area contributed by atoms with Gasteiger partial charge < -0.3 is 20.1 Å². The molecular weight excluding hydrogens is 356 g/mol. The molecule has 6 heteroatoms. The van der Waals surface area contributed by atoms with Crippen molar-refractivity contribution in [3.63, 3.8) is 0 Å². The van der Waals surface area contributed by atoms with Crippen LogP contribution < -0.4 is 10.6 Å². The van der Waals surface area contributed by atoms with Crippen molar-refractivity contribution in [2.24, 2.45) is 0 Å². The third kappa shape index (κ3) is 5.41. The van der Waals surface area contributed by atoms with Gasteiger partial charge in [-0.2, -0.15) is 0 Å². The van der Waals surface area contributed by atoms with Crippen LogP contribution in [0.25, 0.3) is 0 Å². The van der Waals surface area contributed by atoms with E-state index in [4.69, 9.17) is 9.47 Å². The topological polar surface area (TPSA) is 76.7 Å². The molecule has 28 heavy (non-hydrogen) atoms. The summed E-state index contributed by atoms with van der Waals surface area (Å²) in [6.45, 7) is 1.60. The van der Waals surface area contributed by atoms with Gasteiger partial charge in [-0.1, -0.05) is 42.5 Å². The molecule has 0 radical (unpaired) electrons. The number of hydrogen-bond donors (Lipinski definition) is 2. The molecule has 2 N–H and O–H groups in total. The molecule has 2 amide bonds. The Balaban J connectivity index is 1.55. The van der Waals surface area contributed by atoms with Crippen LogP contribution in [0.15, 0.2) is 54.6 Å². The summed E-state index contributed by atoms with van der Waals surface area (Å²) in [5.74, 6) is -0.357. The van der Waals surface area contributed by atoms with Gasteiger partial charge in [0.15, 0.2) is 6.10 Å². The molecule has 2 unspecified atom stereocenters. The molecule has 148 valence electrons. The van der Waals surface area contributed by atoms with Crippen LogP contribution in [0.1, 0.15) is 40.4 Å². The first-order valence-electron chi connectivity index (χ1n) is 9.51.